The predicted molar refractivity (Wildman–Crippen MR) is 73.8 cm³/mol. The van der Waals surface area contributed by atoms with Crippen LogP contribution in [0.3, 0.4) is 0 Å². The second-order valence-electron chi connectivity index (χ2n) is 4.28. The molecule has 1 aromatic carbocycles. The van der Waals surface area contributed by atoms with E-state index in [1.165, 1.54) is 16.7 Å². The lowest BCUT2D eigenvalue weighted by Crippen LogP contribution is -2.18. The summed E-state index contributed by atoms with van der Waals surface area (Å²) in [6.07, 6.45) is 0. The van der Waals surface area contributed by atoms with Gasteiger partial charge in [0.2, 0.25) is 0 Å². The van der Waals surface area contributed by atoms with Crippen molar-refractivity contribution in [1.82, 2.24) is 4.90 Å². The first-order chi connectivity index (χ1) is 8.29. The third-order valence-corrected chi connectivity index (χ3v) is 3.54. The molecule has 0 saturated carbocycles. The van der Waals surface area contributed by atoms with Crippen molar-refractivity contribution < 1.29 is 0 Å². The molecule has 0 unspecified atom stereocenters. The molecule has 0 aliphatic rings. The summed E-state index contributed by atoms with van der Waals surface area (Å²) in [6.45, 7) is 2.55. The predicted octanol–water partition coefficient (Wildman–Crippen LogP) is 2.84. The minimum absolute atomic E-state index is 0.614. The highest BCUT2D eigenvalue weighted by Gasteiger charge is 2.05. The van der Waals surface area contributed by atoms with E-state index in [9.17, 15) is 0 Å². The summed E-state index contributed by atoms with van der Waals surface area (Å²) in [5, 5.41) is 4.32. The molecule has 0 atom stereocenters. The molecule has 2 aromatic rings. The van der Waals surface area contributed by atoms with Crippen LogP contribution in [-0.4, -0.2) is 11.9 Å². The molecular weight excluding hydrogens is 228 g/mol. The molecule has 0 aliphatic heterocycles. The van der Waals surface area contributed by atoms with E-state index in [-0.39, 0.29) is 0 Å². The van der Waals surface area contributed by atoms with Crippen molar-refractivity contribution in [3.05, 3.63) is 57.8 Å². The van der Waals surface area contributed by atoms with E-state index < -0.39 is 0 Å². The van der Waals surface area contributed by atoms with Gasteiger partial charge in [-0.1, -0.05) is 24.3 Å². The number of thiophene rings is 1. The summed E-state index contributed by atoms with van der Waals surface area (Å²) in [7, 11) is 2.14. The normalized spacial score (nSPS) is 11.0. The Labute approximate surface area is 107 Å². The number of rotatable bonds is 5. The lowest BCUT2D eigenvalue weighted by Gasteiger charge is -2.17. The fourth-order valence-corrected chi connectivity index (χ4v) is 2.61. The third kappa shape index (κ3) is 3.40. The van der Waals surface area contributed by atoms with Gasteiger partial charge in [0.25, 0.3) is 0 Å². The zero-order valence-corrected chi connectivity index (χ0v) is 10.9. The Hall–Kier alpha value is -1.16. The standard InChI is InChI=1S/C14H18N2S/c1-16(9-12-6-7-17-11-12)10-14-5-3-2-4-13(14)8-15/h2-7,11H,8-10,15H2,1H3. The summed E-state index contributed by atoms with van der Waals surface area (Å²) >= 11 is 1.75. The van der Waals surface area contributed by atoms with Crippen LogP contribution in [0.1, 0.15) is 16.7 Å². The highest BCUT2D eigenvalue weighted by atomic mass is 32.1. The Morgan fingerprint density at radius 1 is 1.12 bits per heavy atom. The first-order valence-electron chi connectivity index (χ1n) is 5.76. The van der Waals surface area contributed by atoms with Crippen molar-refractivity contribution in [2.24, 2.45) is 5.73 Å². The van der Waals surface area contributed by atoms with Crippen LogP contribution in [0.2, 0.25) is 0 Å². The lowest BCUT2D eigenvalue weighted by molar-refractivity contribution is 0.318. The maximum absolute atomic E-state index is 5.75. The Balaban J connectivity index is 2.00. The molecule has 1 aromatic heterocycles. The smallest absolute Gasteiger partial charge is 0.0242 e. The third-order valence-electron chi connectivity index (χ3n) is 2.81. The summed E-state index contributed by atoms with van der Waals surface area (Å²) in [6, 6.07) is 10.6. The topological polar surface area (TPSA) is 29.3 Å². The summed E-state index contributed by atoms with van der Waals surface area (Å²) in [5.41, 5.74) is 9.69. The second kappa shape index (κ2) is 5.96. The fraction of sp³-hybridized carbons (Fsp3) is 0.286. The first-order valence-corrected chi connectivity index (χ1v) is 6.70. The lowest BCUT2D eigenvalue weighted by atomic mass is 10.1. The van der Waals surface area contributed by atoms with Gasteiger partial charge in [0.1, 0.15) is 0 Å². The van der Waals surface area contributed by atoms with Gasteiger partial charge in [-0.2, -0.15) is 11.3 Å². The van der Waals surface area contributed by atoms with Crippen LogP contribution in [0.4, 0.5) is 0 Å². The highest BCUT2D eigenvalue weighted by molar-refractivity contribution is 7.07. The van der Waals surface area contributed by atoms with Crippen molar-refractivity contribution >= 4 is 11.3 Å². The number of nitrogens with zero attached hydrogens (tertiary/aromatic N) is 1. The van der Waals surface area contributed by atoms with Gasteiger partial charge in [-0.15, -0.1) is 0 Å². The monoisotopic (exact) mass is 246 g/mol. The minimum atomic E-state index is 0.614. The number of hydrogen-bond donors (Lipinski definition) is 1. The van der Waals surface area contributed by atoms with Crippen LogP contribution in [0.15, 0.2) is 41.1 Å². The molecular formula is C14H18N2S. The van der Waals surface area contributed by atoms with E-state index in [0.29, 0.717) is 6.54 Å². The van der Waals surface area contributed by atoms with E-state index >= 15 is 0 Å². The van der Waals surface area contributed by atoms with Crippen molar-refractivity contribution in [3.8, 4) is 0 Å². The molecule has 2 rings (SSSR count). The molecule has 2 nitrogen and oxygen atoms in total. The van der Waals surface area contributed by atoms with Crippen molar-refractivity contribution in [3.63, 3.8) is 0 Å². The minimum Gasteiger partial charge on any atom is -0.326 e. The van der Waals surface area contributed by atoms with Crippen LogP contribution < -0.4 is 5.73 Å². The van der Waals surface area contributed by atoms with Gasteiger partial charge in [0.05, 0.1) is 0 Å². The maximum atomic E-state index is 5.75. The van der Waals surface area contributed by atoms with Gasteiger partial charge in [-0.05, 0) is 40.6 Å². The van der Waals surface area contributed by atoms with E-state index in [1.807, 2.05) is 6.07 Å². The molecule has 0 bridgehead atoms. The maximum Gasteiger partial charge on any atom is 0.0242 e. The molecule has 2 N–H and O–H groups in total. The molecule has 0 fully saturated rings. The van der Waals surface area contributed by atoms with E-state index in [2.05, 4.69) is 47.0 Å². The van der Waals surface area contributed by atoms with Gasteiger partial charge in [-0.25, -0.2) is 0 Å². The average molecular weight is 246 g/mol. The molecule has 90 valence electrons. The molecule has 17 heavy (non-hydrogen) atoms. The molecule has 0 radical (unpaired) electrons. The second-order valence-corrected chi connectivity index (χ2v) is 5.06. The molecule has 3 heteroatoms. The van der Waals surface area contributed by atoms with Gasteiger partial charge in [0.15, 0.2) is 0 Å². The van der Waals surface area contributed by atoms with E-state index in [1.54, 1.807) is 11.3 Å². The number of nitrogens with two attached hydrogens (primary N) is 1. The summed E-state index contributed by atoms with van der Waals surface area (Å²) < 4.78 is 0. The SMILES string of the molecule is CN(Cc1ccsc1)Cc1ccccc1CN. The number of hydrogen-bond acceptors (Lipinski definition) is 3. The highest BCUT2D eigenvalue weighted by Crippen LogP contribution is 2.13. The van der Waals surface area contributed by atoms with Crippen LogP contribution in [-0.2, 0) is 19.6 Å². The quantitative estimate of drug-likeness (QED) is 0.879. The van der Waals surface area contributed by atoms with Gasteiger partial charge in [0, 0.05) is 19.6 Å². The Morgan fingerprint density at radius 3 is 2.53 bits per heavy atom. The van der Waals surface area contributed by atoms with Crippen LogP contribution in [0.25, 0.3) is 0 Å². The van der Waals surface area contributed by atoms with Crippen LogP contribution >= 0.6 is 11.3 Å². The first kappa shape index (κ1) is 12.3. The van der Waals surface area contributed by atoms with Gasteiger partial charge < -0.3 is 5.73 Å². The van der Waals surface area contributed by atoms with E-state index in [4.69, 9.17) is 5.73 Å². The van der Waals surface area contributed by atoms with Crippen LogP contribution in [0, 0.1) is 0 Å². The van der Waals surface area contributed by atoms with Crippen molar-refractivity contribution in [1.29, 1.82) is 0 Å². The van der Waals surface area contributed by atoms with Crippen molar-refractivity contribution in [2.45, 2.75) is 19.6 Å². The van der Waals surface area contributed by atoms with Gasteiger partial charge >= 0.3 is 0 Å². The fourth-order valence-electron chi connectivity index (χ4n) is 1.95. The summed E-state index contributed by atoms with van der Waals surface area (Å²) in [4.78, 5) is 2.32. The van der Waals surface area contributed by atoms with Gasteiger partial charge in [-0.3, -0.25) is 4.90 Å². The Kier molecular flexibility index (Phi) is 4.31. The molecule has 1 heterocycles. The molecule has 0 aliphatic carbocycles. The Bertz CT molecular complexity index is 451. The largest absolute Gasteiger partial charge is 0.326 e. The summed E-state index contributed by atoms with van der Waals surface area (Å²) in [5.74, 6) is 0. The molecule has 0 spiro atoms. The van der Waals surface area contributed by atoms with Crippen LogP contribution in [0.5, 0.6) is 0 Å². The number of benzene rings is 1. The zero-order chi connectivity index (χ0) is 12.1. The average Bonchev–Trinajstić information content (AvgIpc) is 2.82. The Morgan fingerprint density at radius 2 is 1.88 bits per heavy atom. The molecule has 0 saturated heterocycles. The molecule has 0 amide bonds. The zero-order valence-electron chi connectivity index (χ0n) is 10.1. The van der Waals surface area contributed by atoms with Crippen molar-refractivity contribution in [2.75, 3.05) is 7.05 Å². The van der Waals surface area contributed by atoms with E-state index in [0.717, 1.165) is 13.1 Å².